The number of esters is 3. The fourth-order valence-electron chi connectivity index (χ4n) is 8.24. The highest BCUT2D eigenvalue weighted by molar-refractivity contribution is 5.72. The van der Waals surface area contributed by atoms with E-state index in [1.807, 2.05) is 26.8 Å². The van der Waals surface area contributed by atoms with Crippen LogP contribution in [0, 0.1) is 17.8 Å². The van der Waals surface area contributed by atoms with Gasteiger partial charge in [0.25, 0.3) is 0 Å². The molecule has 338 valence electrons. The first-order valence-electron chi connectivity index (χ1n) is 21.0. The number of rotatable bonds is 13. The van der Waals surface area contributed by atoms with Gasteiger partial charge < -0.3 is 62.9 Å². The van der Waals surface area contributed by atoms with Crippen LogP contribution in [0.15, 0.2) is 24.0 Å². The van der Waals surface area contributed by atoms with E-state index >= 15 is 0 Å². The SMILES string of the molecule is CCC(=O)O[C@@H]1CC(=O)O[C@@H](C)C/C(O)=C/C=C/C[C@H](C)C[C@H](CC=O)[C@H](O[C@H]2O[C@H](C)[C@@H](O[C@H]3C[C@](C)(O)[C@H](OC(=O)CC(C)C)[C@@H](C)O3)[C@H](N(C)C)[C@H]2O)[C@@H]1OC. The average Bonchev–Trinajstić information content (AvgIpc) is 3.12. The molecule has 0 aromatic heterocycles. The molecule has 16 nitrogen and oxygen atoms in total. The maximum atomic E-state index is 13.4. The number of aldehydes is 1. The standard InChI is InChI=1S/C43H71NO15/c1-12-32(47)56-31-22-34(49)53-26(5)21-30(46)16-14-13-15-25(4)20-29(17-18-45)39(40(31)52-11)59-42-37(50)36(44(9)10)38(27(6)55-42)58-35-23-43(8,51)41(28(7)54-35)57-33(48)19-24(2)3/h13-14,16,18,24-29,31,35-42,46,50-51H,12,15,17,19-23H2,1-11H3/b14-13+,30-16-/t25-,26-,27+,28+,29-,31+,35-,36+,37+,38+,39-,40+,41+,42+,43-/m0/s1. The predicted octanol–water partition coefficient (Wildman–Crippen LogP) is 4.32. The Labute approximate surface area is 349 Å². The number of carbonyl (C=O) groups excluding carboxylic acids is 4. The summed E-state index contributed by atoms with van der Waals surface area (Å²) in [7, 11) is 4.91. The third-order valence-corrected chi connectivity index (χ3v) is 11.1. The molecular formula is C43H71NO15. The Bertz CT molecular complexity index is 1420. The van der Waals surface area contributed by atoms with Crippen molar-refractivity contribution in [1.29, 1.82) is 0 Å². The van der Waals surface area contributed by atoms with Gasteiger partial charge in [0.05, 0.1) is 36.5 Å². The molecule has 0 aromatic carbocycles. The number of aliphatic hydroxyl groups excluding tert-OH is 2. The monoisotopic (exact) mass is 841 g/mol. The summed E-state index contributed by atoms with van der Waals surface area (Å²) in [5.41, 5.74) is -1.49. The maximum Gasteiger partial charge on any atom is 0.309 e. The lowest BCUT2D eigenvalue weighted by Gasteiger charge is -2.50. The normalized spacial score (nSPS) is 39.4. The molecule has 3 aliphatic heterocycles. The van der Waals surface area contributed by atoms with E-state index in [9.17, 15) is 34.5 Å². The van der Waals surface area contributed by atoms with Gasteiger partial charge in [-0.2, -0.15) is 0 Å². The second kappa shape index (κ2) is 23.3. The summed E-state index contributed by atoms with van der Waals surface area (Å²) in [5, 5.41) is 34.0. The Balaban J connectivity index is 1.98. The number of methoxy groups -OCH3 is 1. The van der Waals surface area contributed by atoms with Gasteiger partial charge in [-0.1, -0.05) is 39.8 Å². The van der Waals surface area contributed by atoms with Crippen LogP contribution in [0.2, 0.25) is 0 Å². The zero-order valence-electron chi connectivity index (χ0n) is 36.8. The van der Waals surface area contributed by atoms with Crippen molar-refractivity contribution in [3.63, 3.8) is 0 Å². The van der Waals surface area contributed by atoms with E-state index in [2.05, 4.69) is 0 Å². The quantitative estimate of drug-likeness (QED) is 0.134. The van der Waals surface area contributed by atoms with Gasteiger partial charge in [-0.25, -0.2) is 0 Å². The van der Waals surface area contributed by atoms with Crippen molar-refractivity contribution in [2.24, 2.45) is 17.8 Å². The van der Waals surface area contributed by atoms with Gasteiger partial charge in [0.1, 0.15) is 42.4 Å². The van der Waals surface area contributed by atoms with Gasteiger partial charge >= 0.3 is 17.9 Å². The van der Waals surface area contributed by atoms with E-state index in [4.69, 9.17) is 37.9 Å². The molecule has 3 aliphatic rings. The summed E-state index contributed by atoms with van der Waals surface area (Å²) >= 11 is 0. The van der Waals surface area contributed by atoms with Gasteiger partial charge in [-0.3, -0.25) is 14.4 Å². The van der Waals surface area contributed by atoms with Crippen LogP contribution < -0.4 is 0 Å². The molecule has 59 heavy (non-hydrogen) atoms. The minimum atomic E-state index is -1.49. The van der Waals surface area contributed by atoms with E-state index in [-0.39, 0.29) is 49.7 Å². The Morgan fingerprint density at radius 3 is 2.31 bits per heavy atom. The summed E-state index contributed by atoms with van der Waals surface area (Å²) in [6, 6.07) is -0.760. The third-order valence-electron chi connectivity index (χ3n) is 11.1. The molecule has 0 unspecified atom stereocenters. The van der Waals surface area contributed by atoms with E-state index < -0.39 is 109 Å². The smallest absolute Gasteiger partial charge is 0.309 e. The fourth-order valence-corrected chi connectivity index (χ4v) is 8.24. The van der Waals surface area contributed by atoms with Crippen LogP contribution in [0.3, 0.4) is 0 Å². The molecule has 0 saturated carbocycles. The minimum absolute atomic E-state index is 0.000433. The van der Waals surface area contributed by atoms with E-state index in [0.29, 0.717) is 12.8 Å². The number of likely N-dealkylation sites (N-methyl/N-ethyl adjacent to an activating group) is 1. The number of carbonyl (C=O) groups is 4. The number of aliphatic hydroxyl groups is 3. The van der Waals surface area contributed by atoms with Crippen molar-refractivity contribution in [2.45, 2.75) is 186 Å². The molecule has 3 rings (SSSR count). The molecule has 3 heterocycles. The molecule has 0 radical (unpaired) electrons. The lowest BCUT2D eigenvalue weighted by atomic mass is 9.83. The Morgan fingerprint density at radius 1 is 1.02 bits per heavy atom. The second-order valence-electron chi connectivity index (χ2n) is 17.3. The second-order valence-corrected chi connectivity index (χ2v) is 17.3. The van der Waals surface area contributed by atoms with Crippen molar-refractivity contribution in [1.82, 2.24) is 4.90 Å². The number of ether oxygens (including phenoxy) is 8. The van der Waals surface area contributed by atoms with Gasteiger partial charge in [-0.05, 0) is 78.5 Å². The Hall–Kier alpha value is -2.96. The van der Waals surface area contributed by atoms with Crippen LogP contribution in [0.5, 0.6) is 0 Å². The summed E-state index contributed by atoms with van der Waals surface area (Å²) in [4.78, 5) is 52.8. The first-order valence-corrected chi connectivity index (χ1v) is 21.0. The number of hydrogen-bond donors (Lipinski definition) is 3. The Morgan fingerprint density at radius 2 is 1.71 bits per heavy atom. The molecule has 0 aliphatic carbocycles. The van der Waals surface area contributed by atoms with Crippen LogP contribution in [0.4, 0.5) is 0 Å². The summed E-state index contributed by atoms with van der Waals surface area (Å²) in [6.45, 7) is 14.1. The van der Waals surface area contributed by atoms with Crippen LogP contribution in [0.25, 0.3) is 0 Å². The van der Waals surface area contributed by atoms with Gasteiger partial charge in [0.2, 0.25) is 0 Å². The molecule has 0 aromatic rings. The number of nitrogens with zero attached hydrogens (tertiary/aromatic N) is 1. The highest BCUT2D eigenvalue weighted by Crippen LogP contribution is 2.38. The van der Waals surface area contributed by atoms with Gasteiger partial charge in [0, 0.05) is 39.2 Å². The molecular weight excluding hydrogens is 770 g/mol. The lowest BCUT2D eigenvalue weighted by molar-refractivity contribution is -0.344. The third kappa shape index (κ3) is 14.9. The molecule has 2 saturated heterocycles. The zero-order valence-corrected chi connectivity index (χ0v) is 36.8. The number of allylic oxidation sites excluding steroid dienone is 3. The summed E-state index contributed by atoms with van der Waals surface area (Å²) in [5.74, 6) is -2.23. The van der Waals surface area contributed by atoms with E-state index in [1.165, 1.54) is 13.2 Å². The number of cyclic esters (lactones) is 1. The van der Waals surface area contributed by atoms with Gasteiger partial charge in [0.15, 0.2) is 18.7 Å². The topological polar surface area (TPSA) is 206 Å². The highest BCUT2D eigenvalue weighted by atomic mass is 16.7. The summed E-state index contributed by atoms with van der Waals surface area (Å²) in [6.07, 6.45) is -4.27. The molecule has 0 spiro atoms. The zero-order chi connectivity index (χ0) is 44.2. The predicted molar refractivity (Wildman–Crippen MR) is 215 cm³/mol. The van der Waals surface area contributed by atoms with Crippen molar-refractivity contribution in [2.75, 3.05) is 21.2 Å². The van der Waals surface area contributed by atoms with Crippen molar-refractivity contribution < 1.29 is 72.4 Å². The highest BCUT2D eigenvalue weighted by Gasteiger charge is 2.53. The fraction of sp³-hybridized carbons (Fsp3) is 0.814. The molecule has 15 atom stereocenters. The van der Waals surface area contributed by atoms with Crippen LogP contribution in [0.1, 0.15) is 107 Å². The lowest BCUT2D eigenvalue weighted by Crippen LogP contribution is -2.66. The minimum Gasteiger partial charge on any atom is -0.512 e. The van der Waals surface area contributed by atoms with Crippen LogP contribution in [-0.4, -0.2) is 145 Å². The van der Waals surface area contributed by atoms with Crippen LogP contribution >= 0.6 is 0 Å². The van der Waals surface area contributed by atoms with Crippen molar-refractivity contribution in [3.8, 4) is 0 Å². The largest absolute Gasteiger partial charge is 0.512 e. The van der Waals surface area contributed by atoms with E-state index in [1.54, 1.807) is 59.7 Å². The summed E-state index contributed by atoms with van der Waals surface area (Å²) < 4.78 is 48.9. The molecule has 0 bridgehead atoms. The van der Waals surface area contributed by atoms with E-state index in [0.717, 1.165) is 6.29 Å². The maximum absolute atomic E-state index is 13.4. The molecule has 0 amide bonds. The molecule has 2 fully saturated rings. The van der Waals surface area contributed by atoms with Crippen molar-refractivity contribution in [3.05, 3.63) is 24.0 Å². The number of hydrogen-bond acceptors (Lipinski definition) is 16. The molecule has 16 heteroatoms. The Kier molecular flexibility index (Phi) is 19.9. The first-order chi connectivity index (χ1) is 27.7. The average molecular weight is 842 g/mol. The van der Waals surface area contributed by atoms with Crippen LogP contribution in [-0.2, 0) is 57.1 Å². The van der Waals surface area contributed by atoms with Crippen molar-refractivity contribution >= 4 is 24.2 Å². The first kappa shape index (κ1) is 50.4. The molecule has 3 N–H and O–H groups in total. The van der Waals surface area contributed by atoms with Gasteiger partial charge in [-0.15, -0.1) is 0 Å².